The second-order valence-electron chi connectivity index (χ2n) is 6.04. The van der Waals surface area contributed by atoms with Crippen LogP contribution in [0.2, 0.25) is 0 Å². The first-order chi connectivity index (χ1) is 11.5. The van der Waals surface area contributed by atoms with Crippen molar-refractivity contribution in [2.45, 2.75) is 19.0 Å². The summed E-state index contributed by atoms with van der Waals surface area (Å²) in [5.41, 5.74) is 1.39. The third-order valence-electron chi connectivity index (χ3n) is 4.12. The molecule has 24 heavy (non-hydrogen) atoms. The zero-order valence-corrected chi connectivity index (χ0v) is 13.4. The molecule has 3 rings (SSSR count). The summed E-state index contributed by atoms with van der Waals surface area (Å²) in [6.45, 7) is 1.57. The minimum Gasteiger partial charge on any atom is -0.367 e. The van der Waals surface area contributed by atoms with Crippen LogP contribution in [0.25, 0.3) is 0 Å². The average Bonchev–Trinajstić information content (AvgIpc) is 3.14. The summed E-state index contributed by atoms with van der Waals surface area (Å²) in [5, 5.41) is 5.70. The number of aromatic nitrogens is 1. The number of amides is 2. The van der Waals surface area contributed by atoms with Gasteiger partial charge >= 0.3 is 6.03 Å². The molecule has 5 nitrogen and oxygen atoms in total. The second-order valence-corrected chi connectivity index (χ2v) is 6.04. The highest BCUT2D eigenvalue weighted by Gasteiger charge is 2.25. The SMILES string of the molecule is Cn1ccc(CNC(=O)N[C@@H]2CCN(c3ccc(F)cc3F)C2)c1. The molecule has 1 saturated heterocycles. The Bertz CT molecular complexity index is 731. The molecule has 0 saturated carbocycles. The molecule has 2 amide bonds. The van der Waals surface area contributed by atoms with Crippen LogP contribution in [-0.4, -0.2) is 29.7 Å². The Morgan fingerprint density at radius 1 is 1.33 bits per heavy atom. The number of hydrogen-bond acceptors (Lipinski definition) is 2. The molecule has 1 aromatic carbocycles. The van der Waals surface area contributed by atoms with Gasteiger partial charge in [0.05, 0.1) is 5.69 Å². The number of nitrogens with zero attached hydrogens (tertiary/aromatic N) is 2. The first-order valence-electron chi connectivity index (χ1n) is 7.86. The first-order valence-corrected chi connectivity index (χ1v) is 7.86. The van der Waals surface area contributed by atoms with Crippen molar-refractivity contribution in [1.29, 1.82) is 0 Å². The maximum absolute atomic E-state index is 13.8. The fraction of sp³-hybridized carbons (Fsp3) is 0.353. The normalized spacial score (nSPS) is 17.1. The van der Waals surface area contributed by atoms with Crippen molar-refractivity contribution in [3.8, 4) is 0 Å². The quantitative estimate of drug-likeness (QED) is 0.902. The van der Waals surface area contributed by atoms with E-state index in [1.165, 1.54) is 12.1 Å². The molecule has 1 fully saturated rings. The fourth-order valence-electron chi connectivity index (χ4n) is 2.92. The molecule has 2 aromatic rings. The lowest BCUT2D eigenvalue weighted by molar-refractivity contribution is 0.237. The maximum Gasteiger partial charge on any atom is 0.315 e. The monoisotopic (exact) mass is 334 g/mol. The van der Waals surface area contributed by atoms with Crippen LogP contribution < -0.4 is 15.5 Å². The van der Waals surface area contributed by atoms with Crippen LogP contribution in [0.15, 0.2) is 36.7 Å². The zero-order valence-electron chi connectivity index (χ0n) is 13.4. The van der Waals surface area contributed by atoms with Crippen LogP contribution in [0.4, 0.5) is 19.3 Å². The van der Waals surface area contributed by atoms with Gasteiger partial charge in [0.25, 0.3) is 0 Å². The lowest BCUT2D eigenvalue weighted by atomic mass is 10.2. The third kappa shape index (κ3) is 3.84. The molecule has 2 N–H and O–H groups in total. The number of urea groups is 1. The van der Waals surface area contributed by atoms with Gasteiger partial charge in [-0.1, -0.05) is 0 Å². The summed E-state index contributed by atoms with van der Waals surface area (Å²) in [6.07, 6.45) is 4.57. The molecule has 1 aromatic heterocycles. The molecular formula is C17H20F2N4O. The number of carbonyl (C=O) groups excluding carboxylic acids is 1. The number of anilines is 1. The predicted molar refractivity (Wildman–Crippen MR) is 87.8 cm³/mol. The van der Waals surface area contributed by atoms with Gasteiger partial charge in [0.15, 0.2) is 0 Å². The highest BCUT2D eigenvalue weighted by atomic mass is 19.1. The Morgan fingerprint density at radius 3 is 2.88 bits per heavy atom. The van der Waals surface area contributed by atoms with Crippen molar-refractivity contribution in [2.24, 2.45) is 7.05 Å². The summed E-state index contributed by atoms with van der Waals surface area (Å²) in [7, 11) is 1.92. The number of rotatable bonds is 4. The van der Waals surface area contributed by atoms with Gasteiger partial charge in [-0.25, -0.2) is 13.6 Å². The largest absolute Gasteiger partial charge is 0.367 e. The Kier molecular flexibility index (Phi) is 4.69. The van der Waals surface area contributed by atoms with Gasteiger partial charge in [0, 0.05) is 51.2 Å². The summed E-state index contributed by atoms with van der Waals surface area (Å²) in [6, 6.07) is 5.18. The van der Waals surface area contributed by atoms with Gasteiger partial charge < -0.3 is 20.1 Å². The summed E-state index contributed by atoms with van der Waals surface area (Å²) < 4.78 is 28.7. The van der Waals surface area contributed by atoms with Crippen molar-refractivity contribution < 1.29 is 13.6 Å². The van der Waals surface area contributed by atoms with Gasteiger partial charge in [-0.05, 0) is 30.2 Å². The van der Waals surface area contributed by atoms with Gasteiger partial charge in [-0.2, -0.15) is 0 Å². The molecule has 7 heteroatoms. The van der Waals surface area contributed by atoms with E-state index in [2.05, 4.69) is 10.6 Å². The standard InChI is InChI=1S/C17H20F2N4O/c1-22-6-4-12(10-22)9-20-17(24)21-14-5-7-23(11-14)16-3-2-13(18)8-15(16)19/h2-4,6,8,10,14H,5,7,9,11H2,1H3,(H2,20,21,24)/t14-/m1/s1. The highest BCUT2D eigenvalue weighted by molar-refractivity contribution is 5.74. The molecule has 128 valence electrons. The molecular weight excluding hydrogens is 314 g/mol. The Labute approximate surface area is 139 Å². The van der Waals surface area contributed by atoms with Crippen LogP contribution in [0.3, 0.4) is 0 Å². The molecule has 1 aliphatic rings. The fourth-order valence-corrected chi connectivity index (χ4v) is 2.92. The van der Waals surface area contributed by atoms with Crippen LogP contribution >= 0.6 is 0 Å². The van der Waals surface area contributed by atoms with Crippen LogP contribution in [0.5, 0.6) is 0 Å². The van der Waals surface area contributed by atoms with Crippen LogP contribution in [0.1, 0.15) is 12.0 Å². The first kappa shape index (κ1) is 16.3. The summed E-state index contributed by atoms with van der Waals surface area (Å²) in [4.78, 5) is 13.8. The number of halogens is 2. The van der Waals surface area contributed by atoms with Crippen LogP contribution in [0, 0.1) is 11.6 Å². The molecule has 0 radical (unpaired) electrons. The number of hydrogen-bond donors (Lipinski definition) is 2. The van der Waals surface area contributed by atoms with E-state index in [-0.39, 0.29) is 12.1 Å². The van der Waals surface area contributed by atoms with E-state index in [1.54, 1.807) is 0 Å². The van der Waals surface area contributed by atoms with Gasteiger partial charge in [-0.3, -0.25) is 0 Å². The number of benzene rings is 1. The lowest BCUT2D eigenvalue weighted by Crippen LogP contribution is -2.43. The number of nitrogens with one attached hydrogen (secondary N) is 2. The minimum atomic E-state index is -0.592. The van der Waals surface area contributed by atoms with Gasteiger partial charge in [0.1, 0.15) is 11.6 Å². The smallest absolute Gasteiger partial charge is 0.315 e. The van der Waals surface area contributed by atoms with Crippen LogP contribution in [-0.2, 0) is 13.6 Å². The second kappa shape index (κ2) is 6.90. The van der Waals surface area contributed by atoms with Crippen molar-refractivity contribution in [3.63, 3.8) is 0 Å². The highest BCUT2D eigenvalue weighted by Crippen LogP contribution is 2.24. The topological polar surface area (TPSA) is 49.3 Å². The van der Waals surface area contributed by atoms with E-state index in [1.807, 2.05) is 35.0 Å². The van der Waals surface area contributed by atoms with E-state index in [0.717, 1.165) is 18.1 Å². The summed E-state index contributed by atoms with van der Waals surface area (Å²) >= 11 is 0. The van der Waals surface area contributed by atoms with Crippen molar-refractivity contribution in [2.75, 3.05) is 18.0 Å². The predicted octanol–water partition coefficient (Wildman–Crippen LogP) is 2.38. The van der Waals surface area contributed by atoms with E-state index < -0.39 is 11.6 Å². The molecule has 1 aliphatic heterocycles. The zero-order chi connectivity index (χ0) is 17.1. The minimum absolute atomic E-state index is 0.0646. The van der Waals surface area contributed by atoms with Gasteiger partial charge in [0.2, 0.25) is 0 Å². The Hall–Kier alpha value is -2.57. The third-order valence-corrected chi connectivity index (χ3v) is 4.12. The molecule has 1 atom stereocenters. The van der Waals surface area contributed by atoms with E-state index in [0.29, 0.717) is 25.3 Å². The molecule has 0 bridgehead atoms. The maximum atomic E-state index is 13.8. The van der Waals surface area contributed by atoms with E-state index in [4.69, 9.17) is 0 Å². The molecule has 0 spiro atoms. The van der Waals surface area contributed by atoms with Gasteiger partial charge in [-0.15, -0.1) is 0 Å². The Morgan fingerprint density at radius 2 is 2.17 bits per heavy atom. The average molecular weight is 334 g/mol. The number of carbonyl (C=O) groups is 1. The van der Waals surface area contributed by atoms with E-state index in [9.17, 15) is 13.6 Å². The molecule has 0 unspecified atom stereocenters. The lowest BCUT2D eigenvalue weighted by Gasteiger charge is -2.19. The van der Waals surface area contributed by atoms with Crippen molar-refractivity contribution >= 4 is 11.7 Å². The van der Waals surface area contributed by atoms with Crippen molar-refractivity contribution in [1.82, 2.24) is 15.2 Å². The van der Waals surface area contributed by atoms with Crippen molar-refractivity contribution in [3.05, 3.63) is 53.9 Å². The number of aryl methyl sites for hydroxylation is 1. The summed E-state index contributed by atoms with van der Waals surface area (Å²) in [5.74, 6) is -1.17. The Balaban J connectivity index is 1.49. The van der Waals surface area contributed by atoms with E-state index >= 15 is 0 Å². The molecule has 0 aliphatic carbocycles. The molecule has 2 heterocycles.